The molecule has 2 aliphatic heterocycles. The number of amides is 1. The van der Waals surface area contributed by atoms with E-state index in [-0.39, 0.29) is 5.92 Å². The number of carbonyl (C=O) groups is 1. The van der Waals surface area contributed by atoms with Crippen molar-refractivity contribution in [1.82, 2.24) is 10.2 Å². The summed E-state index contributed by atoms with van der Waals surface area (Å²) in [6, 6.07) is 0.498. The number of rotatable bonds is 3. The Kier molecular flexibility index (Phi) is 4.80. The van der Waals surface area contributed by atoms with Gasteiger partial charge in [-0.3, -0.25) is 4.79 Å². The summed E-state index contributed by atoms with van der Waals surface area (Å²) < 4.78 is 5.30. The van der Waals surface area contributed by atoms with Gasteiger partial charge in [0.2, 0.25) is 5.91 Å². The predicted molar refractivity (Wildman–Crippen MR) is 66.8 cm³/mol. The van der Waals surface area contributed by atoms with Crippen LogP contribution in [0.3, 0.4) is 0 Å². The molecule has 1 atom stereocenters. The molecule has 0 aliphatic carbocycles. The molecular formula is C13H24N2O2. The molecule has 2 heterocycles. The van der Waals surface area contributed by atoms with Gasteiger partial charge < -0.3 is 15.0 Å². The maximum Gasteiger partial charge on any atom is 0.225 e. The largest absolute Gasteiger partial charge is 0.381 e. The molecule has 0 aromatic rings. The summed E-state index contributed by atoms with van der Waals surface area (Å²) in [5, 5.41) is 3.49. The smallest absolute Gasteiger partial charge is 0.225 e. The maximum atomic E-state index is 12.2. The van der Waals surface area contributed by atoms with E-state index in [4.69, 9.17) is 4.74 Å². The Morgan fingerprint density at radius 3 is 2.71 bits per heavy atom. The van der Waals surface area contributed by atoms with E-state index < -0.39 is 0 Å². The molecule has 1 amide bonds. The first-order valence-corrected chi connectivity index (χ1v) is 6.83. The molecule has 17 heavy (non-hydrogen) atoms. The van der Waals surface area contributed by atoms with E-state index in [0.29, 0.717) is 11.9 Å². The Balaban J connectivity index is 1.77. The van der Waals surface area contributed by atoms with Gasteiger partial charge in [0.05, 0.1) is 0 Å². The van der Waals surface area contributed by atoms with Crippen LogP contribution in [0.15, 0.2) is 0 Å². The zero-order valence-corrected chi connectivity index (χ0v) is 10.8. The molecule has 0 saturated carbocycles. The van der Waals surface area contributed by atoms with E-state index in [2.05, 4.69) is 5.32 Å². The fourth-order valence-corrected chi connectivity index (χ4v) is 2.76. The molecule has 2 aliphatic rings. The third-order valence-corrected chi connectivity index (χ3v) is 3.85. The van der Waals surface area contributed by atoms with E-state index >= 15 is 0 Å². The van der Waals surface area contributed by atoms with E-state index in [1.165, 1.54) is 19.3 Å². The molecule has 2 saturated heterocycles. The van der Waals surface area contributed by atoms with Crippen molar-refractivity contribution < 1.29 is 9.53 Å². The number of piperidine rings is 1. The van der Waals surface area contributed by atoms with Crippen molar-refractivity contribution in [2.45, 2.75) is 38.1 Å². The molecule has 98 valence electrons. The van der Waals surface area contributed by atoms with Crippen LogP contribution in [-0.4, -0.2) is 50.2 Å². The standard InChI is InChI=1S/C13H24N2O2/c1-15(10-12-4-2-3-7-14-12)13(16)11-5-8-17-9-6-11/h11-12,14H,2-10H2,1H3. The van der Waals surface area contributed by atoms with E-state index in [9.17, 15) is 4.79 Å². The summed E-state index contributed by atoms with van der Waals surface area (Å²) in [4.78, 5) is 14.1. The van der Waals surface area contributed by atoms with Crippen LogP contribution in [0.2, 0.25) is 0 Å². The molecule has 0 aromatic carbocycles. The van der Waals surface area contributed by atoms with Gasteiger partial charge >= 0.3 is 0 Å². The number of carbonyl (C=O) groups excluding carboxylic acids is 1. The van der Waals surface area contributed by atoms with E-state index in [0.717, 1.165) is 39.1 Å². The third-order valence-electron chi connectivity index (χ3n) is 3.85. The number of nitrogens with one attached hydrogen (secondary N) is 1. The zero-order chi connectivity index (χ0) is 12.1. The highest BCUT2D eigenvalue weighted by molar-refractivity contribution is 5.78. The molecule has 2 rings (SSSR count). The molecule has 0 aromatic heterocycles. The molecule has 0 spiro atoms. The lowest BCUT2D eigenvalue weighted by Gasteiger charge is -2.31. The van der Waals surface area contributed by atoms with E-state index in [1.807, 2.05) is 11.9 Å². The predicted octanol–water partition coefficient (Wildman–Crippen LogP) is 1.01. The molecular weight excluding hydrogens is 216 g/mol. The Bertz CT molecular complexity index is 246. The van der Waals surface area contributed by atoms with Crippen LogP contribution in [-0.2, 0) is 9.53 Å². The summed E-state index contributed by atoms with van der Waals surface area (Å²) in [5.41, 5.74) is 0. The van der Waals surface area contributed by atoms with Gasteiger partial charge in [-0.2, -0.15) is 0 Å². The Morgan fingerprint density at radius 2 is 2.06 bits per heavy atom. The summed E-state index contributed by atoms with van der Waals surface area (Å²) in [6.07, 6.45) is 5.54. The van der Waals surface area contributed by atoms with Crippen LogP contribution in [0.4, 0.5) is 0 Å². The molecule has 1 N–H and O–H groups in total. The summed E-state index contributed by atoms with van der Waals surface area (Å²) in [6.45, 7) is 3.44. The zero-order valence-electron chi connectivity index (χ0n) is 10.8. The van der Waals surface area contributed by atoms with Gasteiger partial charge in [-0.1, -0.05) is 6.42 Å². The van der Waals surface area contributed by atoms with Gasteiger partial charge in [-0.25, -0.2) is 0 Å². The monoisotopic (exact) mass is 240 g/mol. The molecule has 4 heteroatoms. The van der Waals surface area contributed by atoms with Crippen molar-refractivity contribution in [3.05, 3.63) is 0 Å². The molecule has 1 unspecified atom stereocenters. The summed E-state index contributed by atoms with van der Waals surface area (Å²) in [5.74, 6) is 0.498. The second kappa shape index (κ2) is 6.36. The average molecular weight is 240 g/mol. The normalized spacial score (nSPS) is 26.8. The highest BCUT2D eigenvalue weighted by Crippen LogP contribution is 2.17. The minimum absolute atomic E-state index is 0.192. The summed E-state index contributed by atoms with van der Waals surface area (Å²) >= 11 is 0. The fraction of sp³-hybridized carbons (Fsp3) is 0.923. The van der Waals surface area contributed by atoms with Crippen LogP contribution in [0.25, 0.3) is 0 Å². The topological polar surface area (TPSA) is 41.6 Å². The highest BCUT2D eigenvalue weighted by atomic mass is 16.5. The second-order valence-corrected chi connectivity index (χ2v) is 5.25. The van der Waals surface area contributed by atoms with Crippen LogP contribution in [0.5, 0.6) is 0 Å². The number of ether oxygens (including phenoxy) is 1. The van der Waals surface area contributed by atoms with Gasteiger partial charge in [-0.15, -0.1) is 0 Å². The minimum atomic E-state index is 0.192. The fourth-order valence-electron chi connectivity index (χ4n) is 2.76. The lowest BCUT2D eigenvalue weighted by atomic mass is 9.98. The highest BCUT2D eigenvalue weighted by Gasteiger charge is 2.26. The van der Waals surface area contributed by atoms with Crippen LogP contribution < -0.4 is 5.32 Å². The quantitative estimate of drug-likeness (QED) is 0.800. The Hall–Kier alpha value is -0.610. The lowest BCUT2D eigenvalue weighted by molar-refractivity contribution is -0.137. The number of hydrogen-bond donors (Lipinski definition) is 1. The van der Waals surface area contributed by atoms with E-state index in [1.54, 1.807) is 0 Å². The molecule has 0 bridgehead atoms. The van der Waals surface area contributed by atoms with Gasteiger partial charge in [-0.05, 0) is 32.2 Å². The Morgan fingerprint density at radius 1 is 1.29 bits per heavy atom. The Labute approximate surface area is 104 Å². The second-order valence-electron chi connectivity index (χ2n) is 5.25. The van der Waals surface area contributed by atoms with Crippen molar-refractivity contribution in [3.63, 3.8) is 0 Å². The first kappa shape index (κ1) is 12.8. The van der Waals surface area contributed by atoms with Crippen molar-refractivity contribution in [1.29, 1.82) is 0 Å². The molecule has 2 fully saturated rings. The summed E-state index contributed by atoms with van der Waals surface area (Å²) in [7, 11) is 1.94. The number of hydrogen-bond acceptors (Lipinski definition) is 3. The average Bonchev–Trinajstić information content (AvgIpc) is 2.40. The maximum absolute atomic E-state index is 12.2. The first-order valence-electron chi connectivity index (χ1n) is 6.83. The number of likely N-dealkylation sites (N-methyl/N-ethyl adjacent to an activating group) is 1. The lowest BCUT2D eigenvalue weighted by Crippen LogP contribution is -2.46. The van der Waals surface area contributed by atoms with Crippen molar-refractivity contribution in [3.8, 4) is 0 Å². The van der Waals surface area contributed by atoms with Crippen LogP contribution >= 0.6 is 0 Å². The molecule has 4 nitrogen and oxygen atoms in total. The SMILES string of the molecule is CN(CC1CCCCN1)C(=O)C1CCOCC1. The first-order chi connectivity index (χ1) is 8.27. The van der Waals surface area contributed by atoms with Gasteiger partial charge in [0.25, 0.3) is 0 Å². The van der Waals surface area contributed by atoms with Crippen molar-refractivity contribution in [2.75, 3.05) is 33.4 Å². The molecule has 0 radical (unpaired) electrons. The van der Waals surface area contributed by atoms with Crippen LogP contribution in [0, 0.1) is 5.92 Å². The van der Waals surface area contributed by atoms with Crippen molar-refractivity contribution in [2.24, 2.45) is 5.92 Å². The minimum Gasteiger partial charge on any atom is -0.381 e. The van der Waals surface area contributed by atoms with Gasteiger partial charge in [0.15, 0.2) is 0 Å². The third kappa shape index (κ3) is 3.68. The van der Waals surface area contributed by atoms with Crippen LogP contribution in [0.1, 0.15) is 32.1 Å². The van der Waals surface area contributed by atoms with Gasteiger partial charge in [0, 0.05) is 38.8 Å². The number of nitrogens with zero attached hydrogens (tertiary/aromatic N) is 1. The van der Waals surface area contributed by atoms with Crippen molar-refractivity contribution >= 4 is 5.91 Å². The van der Waals surface area contributed by atoms with Gasteiger partial charge in [0.1, 0.15) is 0 Å².